The Bertz CT molecular complexity index is 338. The molecule has 0 spiro atoms. The summed E-state index contributed by atoms with van der Waals surface area (Å²) in [5.74, 6) is 0. The van der Waals surface area contributed by atoms with Gasteiger partial charge in [0.15, 0.2) is 16.6 Å². The number of hydrogen-bond donors (Lipinski definition) is 0. The van der Waals surface area contributed by atoms with E-state index in [0.717, 1.165) is 5.57 Å². The number of hydrogen-bond acceptors (Lipinski definition) is 3. The Hall–Kier alpha value is 0.271. The van der Waals surface area contributed by atoms with Gasteiger partial charge in [0.2, 0.25) is 0 Å². The minimum absolute atomic E-state index is 0.0942. The predicted molar refractivity (Wildman–Crippen MR) is 100 cm³/mol. The van der Waals surface area contributed by atoms with Gasteiger partial charge in [-0.2, -0.15) is 0 Å². The van der Waals surface area contributed by atoms with Crippen molar-refractivity contribution in [3.8, 4) is 0 Å². The number of rotatable bonds is 9. The van der Waals surface area contributed by atoms with Gasteiger partial charge in [-0.05, 0) is 52.8 Å². The molecule has 0 aliphatic heterocycles. The van der Waals surface area contributed by atoms with Crippen LogP contribution in [0.4, 0.5) is 0 Å². The van der Waals surface area contributed by atoms with E-state index in [2.05, 4.69) is 66.3 Å². The molecule has 0 atom stereocenters. The van der Waals surface area contributed by atoms with E-state index in [1.807, 2.05) is 6.92 Å². The summed E-state index contributed by atoms with van der Waals surface area (Å²) in [5, 5.41) is -0.0942. The maximum atomic E-state index is 6.61. The lowest BCUT2D eigenvalue weighted by Crippen LogP contribution is -2.59. The van der Waals surface area contributed by atoms with Gasteiger partial charge in [0.1, 0.15) is 0 Å². The van der Waals surface area contributed by atoms with Crippen molar-refractivity contribution in [2.75, 3.05) is 13.2 Å². The largest absolute Gasteiger partial charge is 0.436 e. The second-order valence-corrected chi connectivity index (χ2v) is 22.0. The molecule has 0 bridgehead atoms. The van der Waals surface area contributed by atoms with Crippen molar-refractivity contribution in [3.05, 3.63) is 12.2 Å². The van der Waals surface area contributed by atoms with Gasteiger partial charge < -0.3 is 13.0 Å². The fraction of sp³-hybridized carbons (Fsp3) is 0.867. The van der Waals surface area contributed by atoms with Gasteiger partial charge in [-0.25, -0.2) is 0 Å². The predicted octanol–water partition coefficient (Wildman–Crippen LogP) is 5.13. The lowest BCUT2D eigenvalue weighted by Gasteiger charge is -2.47. The molecule has 21 heavy (non-hydrogen) atoms. The molecule has 126 valence electrons. The van der Waals surface area contributed by atoms with Gasteiger partial charge in [0, 0.05) is 5.04 Å². The van der Waals surface area contributed by atoms with E-state index in [9.17, 15) is 0 Å². The lowest BCUT2D eigenvalue weighted by atomic mass is 10.2. The summed E-state index contributed by atoms with van der Waals surface area (Å²) >= 11 is 0. The molecule has 0 N–H and O–H groups in total. The Morgan fingerprint density at radius 3 is 1.57 bits per heavy atom. The van der Waals surface area contributed by atoms with Crippen LogP contribution in [-0.2, 0) is 13.0 Å². The third-order valence-electron chi connectivity index (χ3n) is 3.04. The number of ether oxygens (including phenoxy) is 1. The van der Waals surface area contributed by atoms with E-state index in [1.54, 1.807) is 0 Å². The standard InChI is InChI=1S/C15H36O3Si3/c1-14(2)12-16-13-15(3,4)21(11,17-19(5,6)7)18-20(8,9)10/h1,12-13H2,2-11H3. The third-order valence-corrected chi connectivity index (χ3v) is 13.7. The zero-order chi connectivity index (χ0) is 17.1. The van der Waals surface area contributed by atoms with Crippen molar-refractivity contribution in [3.63, 3.8) is 0 Å². The van der Waals surface area contributed by atoms with E-state index in [-0.39, 0.29) is 5.04 Å². The SMILES string of the molecule is C=C(C)COCC(C)(C)[Si](C)(O[Si](C)(C)C)O[Si](C)(C)C. The van der Waals surface area contributed by atoms with Crippen LogP contribution in [0.15, 0.2) is 12.2 Å². The van der Waals surface area contributed by atoms with Gasteiger partial charge in [-0.1, -0.05) is 26.0 Å². The molecule has 0 saturated carbocycles. The molecule has 0 aliphatic rings. The van der Waals surface area contributed by atoms with Crippen molar-refractivity contribution in [2.24, 2.45) is 0 Å². The monoisotopic (exact) mass is 348 g/mol. The molecular weight excluding hydrogens is 312 g/mol. The highest BCUT2D eigenvalue weighted by Crippen LogP contribution is 2.42. The van der Waals surface area contributed by atoms with Gasteiger partial charge in [0.05, 0.1) is 13.2 Å². The first-order valence-electron chi connectivity index (χ1n) is 7.70. The van der Waals surface area contributed by atoms with Crippen LogP contribution >= 0.6 is 0 Å². The van der Waals surface area contributed by atoms with Gasteiger partial charge in [-0.15, -0.1) is 0 Å². The van der Waals surface area contributed by atoms with Gasteiger partial charge >= 0.3 is 8.56 Å². The first-order chi connectivity index (χ1) is 9.08. The second-order valence-electron chi connectivity index (χ2n) is 8.71. The van der Waals surface area contributed by atoms with Crippen LogP contribution in [0.1, 0.15) is 20.8 Å². The maximum absolute atomic E-state index is 6.61. The molecule has 0 aromatic rings. The van der Waals surface area contributed by atoms with E-state index in [4.69, 9.17) is 13.0 Å². The average Bonchev–Trinajstić information content (AvgIpc) is 2.09. The average molecular weight is 349 g/mol. The molecule has 0 rings (SSSR count). The van der Waals surface area contributed by atoms with Crippen molar-refractivity contribution in [2.45, 2.75) is 71.6 Å². The summed E-state index contributed by atoms with van der Waals surface area (Å²) < 4.78 is 19.1. The molecule has 0 saturated heterocycles. The Labute approximate surface area is 135 Å². The quantitative estimate of drug-likeness (QED) is 0.427. The molecular formula is C15H36O3Si3. The van der Waals surface area contributed by atoms with Crippen LogP contribution < -0.4 is 0 Å². The van der Waals surface area contributed by atoms with Crippen molar-refractivity contribution in [1.82, 2.24) is 0 Å². The van der Waals surface area contributed by atoms with E-state index in [0.29, 0.717) is 13.2 Å². The minimum atomic E-state index is -2.35. The molecule has 0 amide bonds. The highest BCUT2D eigenvalue weighted by Gasteiger charge is 2.52. The Kier molecular flexibility index (Phi) is 7.32. The zero-order valence-corrected chi connectivity index (χ0v) is 18.8. The van der Waals surface area contributed by atoms with Crippen LogP contribution in [0.3, 0.4) is 0 Å². The maximum Gasteiger partial charge on any atom is 0.322 e. The topological polar surface area (TPSA) is 27.7 Å². The molecule has 0 radical (unpaired) electrons. The second kappa shape index (κ2) is 7.23. The molecule has 0 heterocycles. The smallest absolute Gasteiger partial charge is 0.322 e. The van der Waals surface area contributed by atoms with E-state index >= 15 is 0 Å². The van der Waals surface area contributed by atoms with Crippen LogP contribution in [0, 0.1) is 0 Å². The minimum Gasteiger partial charge on any atom is -0.436 e. The molecule has 0 aromatic carbocycles. The van der Waals surface area contributed by atoms with Crippen molar-refractivity contribution in [1.29, 1.82) is 0 Å². The van der Waals surface area contributed by atoms with Crippen LogP contribution in [0.25, 0.3) is 0 Å². The zero-order valence-electron chi connectivity index (χ0n) is 15.8. The first kappa shape index (κ1) is 21.3. The van der Waals surface area contributed by atoms with Gasteiger partial charge in [0.25, 0.3) is 0 Å². The highest BCUT2D eigenvalue weighted by atomic mass is 28.5. The lowest BCUT2D eigenvalue weighted by molar-refractivity contribution is 0.119. The molecule has 0 aliphatic carbocycles. The summed E-state index contributed by atoms with van der Waals surface area (Å²) in [7, 11) is -5.71. The highest BCUT2D eigenvalue weighted by molar-refractivity contribution is 6.89. The fourth-order valence-electron chi connectivity index (χ4n) is 2.08. The van der Waals surface area contributed by atoms with Crippen LogP contribution in [-0.4, -0.2) is 38.4 Å². The molecule has 3 nitrogen and oxygen atoms in total. The summed E-state index contributed by atoms with van der Waals surface area (Å²) in [6.07, 6.45) is 0. The summed E-state index contributed by atoms with van der Waals surface area (Å²) in [4.78, 5) is 0. The Morgan fingerprint density at radius 1 is 0.905 bits per heavy atom. The summed E-state index contributed by atoms with van der Waals surface area (Å²) in [6, 6.07) is 0. The first-order valence-corrected chi connectivity index (χ1v) is 16.8. The van der Waals surface area contributed by atoms with Crippen LogP contribution in [0.2, 0.25) is 50.9 Å². The Morgan fingerprint density at radius 2 is 1.29 bits per heavy atom. The van der Waals surface area contributed by atoms with E-state index in [1.165, 1.54) is 0 Å². The molecule has 0 aromatic heterocycles. The van der Waals surface area contributed by atoms with Crippen molar-refractivity contribution >= 4 is 25.2 Å². The molecule has 6 heteroatoms. The summed E-state index contributed by atoms with van der Waals surface area (Å²) in [6.45, 7) is 27.2. The Balaban J connectivity index is 5.21. The fourth-order valence-corrected chi connectivity index (χ4v) is 14.5. The van der Waals surface area contributed by atoms with Crippen LogP contribution in [0.5, 0.6) is 0 Å². The van der Waals surface area contributed by atoms with Gasteiger partial charge in [-0.3, -0.25) is 0 Å². The summed E-state index contributed by atoms with van der Waals surface area (Å²) in [5.41, 5.74) is 1.05. The van der Waals surface area contributed by atoms with E-state index < -0.39 is 25.2 Å². The van der Waals surface area contributed by atoms with Crippen molar-refractivity contribution < 1.29 is 13.0 Å². The molecule has 0 fully saturated rings. The normalized spacial score (nSPS) is 14.4. The third kappa shape index (κ3) is 8.47. The molecule has 0 unspecified atom stereocenters.